The van der Waals surface area contributed by atoms with Crippen LogP contribution in [0.4, 0.5) is 0 Å². The fraction of sp³-hybridized carbons (Fsp3) is 0.353. The van der Waals surface area contributed by atoms with Gasteiger partial charge < -0.3 is 5.32 Å². The molecule has 0 aliphatic heterocycles. The van der Waals surface area contributed by atoms with Crippen molar-refractivity contribution in [1.29, 1.82) is 0 Å². The van der Waals surface area contributed by atoms with Crippen LogP contribution < -0.4 is 10.9 Å². The lowest BCUT2D eigenvalue weighted by Gasteiger charge is -2.13. The van der Waals surface area contributed by atoms with Crippen molar-refractivity contribution < 1.29 is 4.79 Å². The van der Waals surface area contributed by atoms with E-state index in [2.05, 4.69) is 10.3 Å². The number of rotatable bonds is 6. The van der Waals surface area contributed by atoms with E-state index < -0.39 is 0 Å². The predicted molar refractivity (Wildman–Crippen MR) is 91.6 cm³/mol. The molecule has 1 amide bonds. The topological polar surface area (TPSA) is 64.0 Å². The average Bonchev–Trinajstić information content (AvgIpc) is 2.54. The summed E-state index contributed by atoms with van der Waals surface area (Å²) in [6.45, 7) is 4.43. The van der Waals surface area contributed by atoms with Crippen molar-refractivity contribution >= 4 is 17.5 Å². The Bertz CT molecular complexity index is 756. The Morgan fingerprint density at radius 2 is 2.09 bits per heavy atom. The number of nitrogens with zero attached hydrogens (tertiary/aromatic N) is 2. The Balaban J connectivity index is 2.48. The largest absolute Gasteiger partial charge is 0.355 e. The summed E-state index contributed by atoms with van der Waals surface area (Å²) in [4.78, 5) is 28.9. The van der Waals surface area contributed by atoms with Crippen molar-refractivity contribution in [2.24, 2.45) is 0 Å². The van der Waals surface area contributed by atoms with Crippen LogP contribution >= 0.6 is 11.6 Å². The van der Waals surface area contributed by atoms with Gasteiger partial charge in [0.15, 0.2) is 0 Å². The van der Waals surface area contributed by atoms with Crippen molar-refractivity contribution in [2.45, 2.75) is 33.2 Å². The number of halogens is 1. The minimum absolute atomic E-state index is 0.0579. The summed E-state index contributed by atoms with van der Waals surface area (Å²) < 4.78 is 1.38. The van der Waals surface area contributed by atoms with Crippen LogP contribution in [0.25, 0.3) is 11.4 Å². The molecular formula is C17H20ClN3O2. The molecule has 0 radical (unpaired) electrons. The minimum Gasteiger partial charge on any atom is -0.355 e. The van der Waals surface area contributed by atoms with E-state index in [-0.39, 0.29) is 18.0 Å². The molecule has 6 heteroatoms. The van der Waals surface area contributed by atoms with E-state index >= 15 is 0 Å². The highest BCUT2D eigenvalue weighted by atomic mass is 35.5. The van der Waals surface area contributed by atoms with Crippen LogP contribution in [-0.4, -0.2) is 22.0 Å². The Morgan fingerprint density at radius 1 is 1.30 bits per heavy atom. The van der Waals surface area contributed by atoms with Crippen molar-refractivity contribution in [1.82, 2.24) is 14.9 Å². The number of nitrogens with one attached hydrogen (secondary N) is 1. The fourth-order valence-corrected chi connectivity index (χ4v) is 2.39. The summed E-state index contributed by atoms with van der Waals surface area (Å²) >= 11 is 6.04. The van der Waals surface area contributed by atoms with Crippen LogP contribution in [-0.2, 0) is 17.8 Å². The molecule has 0 saturated heterocycles. The van der Waals surface area contributed by atoms with Crippen LogP contribution in [0.3, 0.4) is 0 Å². The second-order valence-corrected chi connectivity index (χ2v) is 5.65. The van der Waals surface area contributed by atoms with E-state index in [9.17, 15) is 9.59 Å². The van der Waals surface area contributed by atoms with Gasteiger partial charge in [-0.2, -0.15) is 0 Å². The van der Waals surface area contributed by atoms with Crippen molar-refractivity contribution in [3.05, 3.63) is 51.4 Å². The summed E-state index contributed by atoms with van der Waals surface area (Å²) in [6, 6.07) is 8.59. The lowest BCUT2D eigenvalue weighted by molar-refractivity contribution is -0.121. The lowest BCUT2D eigenvalue weighted by Crippen LogP contribution is -2.34. The van der Waals surface area contributed by atoms with E-state index in [0.717, 1.165) is 6.42 Å². The van der Waals surface area contributed by atoms with Gasteiger partial charge in [0.2, 0.25) is 5.91 Å². The molecule has 0 unspecified atom stereocenters. The maximum absolute atomic E-state index is 12.4. The van der Waals surface area contributed by atoms with Gasteiger partial charge in [-0.15, -0.1) is 0 Å². The monoisotopic (exact) mass is 333 g/mol. The van der Waals surface area contributed by atoms with Gasteiger partial charge in [0, 0.05) is 28.9 Å². The molecule has 1 heterocycles. The fourth-order valence-electron chi connectivity index (χ4n) is 2.20. The maximum Gasteiger partial charge on any atom is 0.254 e. The third-order valence-corrected chi connectivity index (χ3v) is 3.62. The summed E-state index contributed by atoms with van der Waals surface area (Å²) in [7, 11) is 0. The number of aryl methyl sites for hydroxylation is 1. The van der Waals surface area contributed by atoms with E-state index in [1.807, 2.05) is 19.9 Å². The van der Waals surface area contributed by atoms with Crippen molar-refractivity contribution in [3.63, 3.8) is 0 Å². The van der Waals surface area contributed by atoms with E-state index in [1.54, 1.807) is 18.2 Å². The molecule has 1 N–H and O–H groups in total. The second-order valence-electron chi connectivity index (χ2n) is 5.21. The highest BCUT2D eigenvalue weighted by Gasteiger charge is 2.13. The first-order chi connectivity index (χ1) is 11.0. The molecule has 23 heavy (non-hydrogen) atoms. The van der Waals surface area contributed by atoms with E-state index in [1.165, 1.54) is 10.6 Å². The van der Waals surface area contributed by atoms with Gasteiger partial charge in [-0.25, -0.2) is 4.98 Å². The number of carbonyl (C=O) groups excluding carboxylic acids is 1. The van der Waals surface area contributed by atoms with Crippen LogP contribution in [0, 0.1) is 0 Å². The molecule has 0 fully saturated rings. The standard InChI is InChI=1S/C17H20ClN3O2/c1-3-8-19-15(22)11-21-16(23)10-14(4-2)20-17(21)12-6-5-7-13(18)9-12/h5-7,9-10H,3-4,8,11H2,1-2H3,(H,19,22). The molecule has 5 nitrogen and oxygen atoms in total. The Labute approximate surface area is 140 Å². The molecule has 0 bridgehead atoms. The van der Waals surface area contributed by atoms with Gasteiger partial charge in [0.25, 0.3) is 5.56 Å². The van der Waals surface area contributed by atoms with Gasteiger partial charge in [0.1, 0.15) is 12.4 Å². The zero-order valence-corrected chi connectivity index (χ0v) is 14.1. The van der Waals surface area contributed by atoms with Crippen molar-refractivity contribution in [2.75, 3.05) is 6.54 Å². The second kappa shape index (κ2) is 7.92. The van der Waals surface area contributed by atoms with E-state index in [4.69, 9.17) is 11.6 Å². The summed E-state index contributed by atoms with van der Waals surface area (Å²) in [6.07, 6.45) is 1.49. The van der Waals surface area contributed by atoms with Gasteiger partial charge in [-0.1, -0.05) is 37.6 Å². The Hall–Kier alpha value is -2.14. The molecule has 2 rings (SSSR count). The number of amides is 1. The van der Waals surface area contributed by atoms with Crippen LogP contribution in [0.2, 0.25) is 5.02 Å². The smallest absolute Gasteiger partial charge is 0.254 e. The Morgan fingerprint density at radius 3 is 2.74 bits per heavy atom. The molecule has 122 valence electrons. The van der Waals surface area contributed by atoms with Crippen LogP contribution in [0.5, 0.6) is 0 Å². The summed E-state index contributed by atoms with van der Waals surface area (Å²) in [5.74, 6) is 0.256. The third-order valence-electron chi connectivity index (χ3n) is 3.38. The summed E-state index contributed by atoms with van der Waals surface area (Å²) in [5, 5.41) is 3.33. The molecule has 0 atom stereocenters. The van der Waals surface area contributed by atoms with Gasteiger partial charge >= 0.3 is 0 Å². The number of aromatic nitrogens is 2. The predicted octanol–water partition coefficient (Wildman–Crippen LogP) is 2.65. The molecule has 0 aliphatic carbocycles. The molecular weight excluding hydrogens is 314 g/mol. The molecule has 1 aromatic carbocycles. The minimum atomic E-state index is -0.238. The molecule has 1 aromatic heterocycles. The quantitative estimate of drug-likeness (QED) is 0.884. The zero-order chi connectivity index (χ0) is 16.8. The first kappa shape index (κ1) is 17.2. The first-order valence-corrected chi connectivity index (χ1v) is 8.06. The van der Waals surface area contributed by atoms with E-state index in [0.29, 0.717) is 35.1 Å². The normalized spacial score (nSPS) is 10.6. The number of hydrogen-bond donors (Lipinski definition) is 1. The third kappa shape index (κ3) is 4.42. The molecule has 2 aromatic rings. The summed E-state index contributed by atoms with van der Waals surface area (Å²) in [5.41, 5.74) is 1.17. The van der Waals surface area contributed by atoms with Crippen LogP contribution in [0.15, 0.2) is 35.1 Å². The lowest BCUT2D eigenvalue weighted by atomic mass is 10.2. The molecule has 0 saturated carbocycles. The molecule has 0 aliphatic rings. The highest BCUT2D eigenvalue weighted by Crippen LogP contribution is 2.20. The van der Waals surface area contributed by atoms with Gasteiger partial charge in [-0.05, 0) is 25.0 Å². The number of hydrogen-bond acceptors (Lipinski definition) is 3. The van der Waals surface area contributed by atoms with Gasteiger partial charge in [-0.3, -0.25) is 14.2 Å². The first-order valence-electron chi connectivity index (χ1n) is 7.68. The SMILES string of the molecule is CCCNC(=O)Cn1c(-c2cccc(Cl)c2)nc(CC)cc1=O. The highest BCUT2D eigenvalue weighted by molar-refractivity contribution is 6.30. The number of benzene rings is 1. The maximum atomic E-state index is 12.4. The van der Waals surface area contributed by atoms with Gasteiger partial charge in [0.05, 0.1) is 0 Å². The average molecular weight is 334 g/mol. The number of carbonyl (C=O) groups is 1. The Kier molecular flexibility index (Phi) is 5.93. The molecule has 0 spiro atoms. The van der Waals surface area contributed by atoms with Crippen LogP contribution in [0.1, 0.15) is 26.0 Å². The zero-order valence-electron chi connectivity index (χ0n) is 13.3. The van der Waals surface area contributed by atoms with Crippen molar-refractivity contribution in [3.8, 4) is 11.4 Å².